The van der Waals surface area contributed by atoms with Gasteiger partial charge in [0.1, 0.15) is 29.2 Å². The molecule has 3 heterocycles. The highest BCUT2D eigenvalue weighted by molar-refractivity contribution is 7.91. The second kappa shape index (κ2) is 15.8. The van der Waals surface area contributed by atoms with E-state index in [2.05, 4.69) is 16.6 Å². The first-order valence-electron chi connectivity index (χ1n) is 19.9. The van der Waals surface area contributed by atoms with Crippen molar-refractivity contribution < 1.29 is 37.1 Å². The minimum absolute atomic E-state index is 0.0140. The van der Waals surface area contributed by atoms with Gasteiger partial charge in [0.25, 0.3) is 5.91 Å². The fraction of sp³-hybridized carbons (Fsp3) is 0.512. The third-order valence-corrected chi connectivity index (χ3v) is 13.7. The predicted octanol–water partition coefficient (Wildman–Crippen LogP) is 4.99. The molecule has 4 amide bonds. The van der Waals surface area contributed by atoms with Crippen LogP contribution >= 0.6 is 0 Å². The number of carbonyl (C=O) groups is 4. The van der Waals surface area contributed by atoms with Gasteiger partial charge in [0.15, 0.2) is 0 Å². The lowest BCUT2D eigenvalue weighted by molar-refractivity contribution is -0.148. The van der Waals surface area contributed by atoms with E-state index in [0.717, 1.165) is 24.8 Å². The molecule has 13 nitrogen and oxygen atoms in total. The molecule has 3 aromatic rings. The fourth-order valence-electron chi connectivity index (χ4n) is 8.14. The molecule has 0 spiro atoms. The lowest BCUT2D eigenvalue weighted by Crippen LogP contribution is -2.57. The number of rotatable bonds is 13. The monoisotopic (exact) mass is 799 g/mol. The molecule has 2 aromatic carbocycles. The van der Waals surface area contributed by atoms with Crippen molar-refractivity contribution in [2.45, 2.75) is 95.1 Å². The molecule has 5 atom stereocenters. The van der Waals surface area contributed by atoms with Crippen molar-refractivity contribution in [2.24, 2.45) is 17.3 Å². The number of pyridine rings is 1. The van der Waals surface area contributed by atoms with Gasteiger partial charge in [-0.25, -0.2) is 13.4 Å². The lowest BCUT2D eigenvalue weighted by Gasteiger charge is -2.36. The van der Waals surface area contributed by atoms with Crippen LogP contribution in [0.2, 0.25) is 0 Å². The van der Waals surface area contributed by atoms with E-state index in [4.69, 9.17) is 14.5 Å². The van der Waals surface area contributed by atoms with Crippen molar-refractivity contribution in [3.8, 4) is 22.8 Å². The van der Waals surface area contributed by atoms with Gasteiger partial charge >= 0.3 is 0 Å². The van der Waals surface area contributed by atoms with Gasteiger partial charge in [0.2, 0.25) is 27.7 Å². The Morgan fingerprint density at radius 1 is 1.04 bits per heavy atom. The standard InChI is InChI=1S/C43H53N5O8S/c1-6-28-25-43(28,41(52)46-57(53,54)31-16-17-31)45-39(50)36-22-30(26-48(36)40(51)33(42(2,3)4)23-38(49)47-19-11-8-12-20-47)56-37-24-34(27-13-9-7-10-14-27)44-35-21-29(55-5)15-18-32(35)37/h6-7,9-10,13-15,18,21,24,28,30-31,33,36H,1,8,11-12,16-17,19-20,22-23,25-26H2,2-5H3,(H,45,50)(H,46,52)/t28?,30-,33?,36+,43?/m1/s1. The van der Waals surface area contributed by atoms with E-state index in [1.54, 1.807) is 7.11 Å². The second-order valence-electron chi connectivity index (χ2n) is 17.0. The summed E-state index contributed by atoms with van der Waals surface area (Å²) in [6.45, 7) is 10.9. The van der Waals surface area contributed by atoms with E-state index in [1.807, 2.05) is 80.3 Å². The maximum atomic E-state index is 14.9. The van der Waals surface area contributed by atoms with Gasteiger partial charge in [-0.2, -0.15) is 0 Å². The molecule has 2 N–H and O–H groups in total. The maximum Gasteiger partial charge on any atom is 0.259 e. The fourth-order valence-corrected chi connectivity index (χ4v) is 9.51. The van der Waals surface area contributed by atoms with Gasteiger partial charge in [0, 0.05) is 54.9 Å². The zero-order chi connectivity index (χ0) is 40.7. The molecule has 7 rings (SSSR count). The van der Waals surface area contributed by atoms with Gasteiger partial charge in [0.05, 0.1) is 36.0 Å². The molecule has 0 bridgehead atoms. The largest absolute Gasteiger partial charge is 0.497 e. The summed E-state index contributed by atoms with van der Waals surface area (Å²) in [6.07, 6.45) is 4.91. The first kappa shape index (κ1) is 40.2. The summed E-state index contributed by atoms with van der Waals surface area (Å²) in [5.41, 5.74) is -0.0157. The Kier molecular flexibility index (Phi) is 11.1. The van der Waals surface area contributed by atoms with Crippen LogP contribution in [-0.4, -0.2) is 96.5 Å². The van der Waals surface area contributed by atoms with Crippen molar-refractivity contribution in [3.63, 3.8) is 0 Å². The number of carbonyl (C=O) groups excluding carboxylic acids is 4. The molecule has 2 aliphatic carbocycles. The number of hydrogen-bond acceptors (Lipinski definition) is 9. The minimum Gasteiger partial charge on any atom is -0.497 e. The number of fused-ring (bicyclic) bond motifs is 1. The van der Waals surface area contributed by atoms with Gasteiger partial charge in [-0.15, -0.1) is 6.58 Å². The van der Waals surface area contributed by atoms with Crippen LogP contribution in [-0.2, 0) is 29.2 Å². The van der Waals surface area contributed by atoms with E-state index in [0.29, 0.717) is 54.0 Å². The van der Waals surface area contributed by atoms with Gasteiger partial charge in [-0.05, 0) is 56.1 Å². The number of amides is 4. The summed E-state index contributed by atoms with van der Waals surface area (Å²) in [5.74, 6) is -2.03. The van der Waals surface area contributed by atoms with Crippen LogP contribution < -0.4 is 19.5 Å². The molecule has 14 heteroatoms. The molecule has 4 fully saturated rings. The molecule has 304 valence electrons. The summed E-state index contributed by atoms with van der Waals surface area (Å²) in [5, 5.41) is 2.94. The normalized spacial score (nSPS) is 24.0. The van der Waals surface area contributed by atoms with E-state index in [9.17, 15) is 27.6 Å². The molecule has 2 saturated heterocycles. The average Bonchev–Trinajstić information content (AvgIpc) is 4.13. The molecule has 2 aliphatic heterocycles. The summed E-state index contributed by atoms with van der Waals surface area (Å²) < 4.78 is 40.1. The van der Waals surface area contributed by atoms with Gasteiger partial charge in [-0.1, -0.05) is 57.2 Å². The summed E-state index contributed by atoms with van der Waals surface area (Å²) in [6, 6.07) is 15.9. The van der Waals surface area contributed by atoms with Crippen molar-refractivity contribution >= 4 is 44.6 Å². The van der Waals surface area contributed by atoms with Crippen LogP contribution in [0, 0.1) is 17.3 Å². The summed E-state index contributed by atoms with van der Waals surface area (Å²) >= 11 is 0. The lowest BCUT2D eigenvalue weighted by atomic mass is 9.77. The number of aromatic nitrogens is 1. The Bertz CT molecular complexity index is 2160. The van der Waals surface area contributed by atoms with Crippen LogP contribution in [0.1, 0.15) is 72.1 Å². The molecule has 4 aliphatic rings. The number of benzene rings is 2. The Balaban J connectivity index is 1.21. The summed E-state index contributed by atoms with van der Waals surface area (Å²) in [4.78, 5) is 64.9. The zero-order valence-corrected chi connectivity index (χ0v) is 34.0. The molecular formula is C43H53N5O8S. The van der Waals surface area contributed by atoms with Crippen LogP contribution in [0.3, 0.4) is 0 Å². The van der Waals surface area contributed by atoms with Crippen LogP contribution in [0.25, 0.3) is 22.2 Å². The highest BCUT2D eigenvalue weighted by atomic mass is 32.2. The third-order valence-electron chi connectivity index (χ3n) is 11.9. The SMILES string of the molecule is C=CC1CC1(NC(=O)[C@@H]1C[C@@H](Oc2cc(-c3ccccc3)nc3cc(OC)ccc23)CN1C(=O)C(CC(=O)N1CCCCC1)C(C)(C)C)C(=O)NS(=O)(=O)C1CC1. The Hall–Kier alpha value is -4.98. The Labute approximate surface area is 334 Å². The predicted molar refractivity (Wildman–Crippen MR) is 216 cm³/mol. The van der Waals surface area contributed by atoms with Crippen molar-refractivity contribution in [3.05, 3.63) is 67.3 Å². The number of methoxy groups -OCH3 is 1. The molecule has 57 heavy (non-hydrogen) atoms. The topological polar surface area (TPSA) is 164 Å². The smallest absolute Gasteiger partial charge is 0.259 e. The van der Waals surface area contributed by atoms with Gasteiger partial charge in [-0.3, -0.25) is 23.9 Å². The number of nitrogens with zero attached hydrogens (tertiary/aromatic N) is 3. The third kappa shape index (κ3) is 8.51. The van der Waals surface area contributed by atoms with Crippen LogP contribution in [0.4, 0.5) is 0 Å². The molecule has 2 saturated carbocycles. The molecule has 0 radical (unpaired) electrons. The first-order chi connectivity index (χ1) is 27.1. The number of hydrogen-bond donors (Lipinski definition) is 2. The molecule has 3 unspecified atom stereocenters. The minimum atomic E-state index is -3.90. The van der Waals surface area contributed by atoms with Crippen LogP contribution in [0.15, 0.2) is 67.3 Å². The average molecular weight is 800 g/mol. The highest BCUT2D eigenvalue weighted by Gasteiger charge is 2.62. The van der Waals surface area contributed by atoms with E-state index in [-0.39, 0.29) is 37.6 Å². The van der Waals surface area contributed by atoms with Crippen molar-refractivity contribution in [1.29, 1.82) is 0 Å². The quantitative estimate of drug-likeness (QED) is 0.227. The number of ether oxygens (including phenoxy) is 2. The second-order valence-corrected chi connectivity index (χ2v) is 18.9. The van der Waals surface area contributed by atoms with Crippen molar-refractivity contribution in [1.82, 2.24) is 24.8 Å². The number of sulfonamides is 1. The Morgan fingerprint density at radius 3 is 2.39 bits per heavy atom. The maximum absolute atomic E-state index is 14.9. The van der Waals surface area contributed by atoms with E-state index in [1.165, 1.54) is 11.0 Å². The summed E-state index contributed by atoms with van der Waals surface area (Å²) in [7, 11) is -2.31. The van der Waals surface area contributed by atoms with Crippen molar-refractivity contribution in [2.75, 3.05) is 26.7 Å². The number of likely N-dealkylation sites (tertiary alicyclic amines) is 2. The number of piperidine rings is 1. The molecule has 1 aromatic heterocycles. The zero-order valence-electron chi connectivity index (χ0n) is 33.2. The number of nitrogens with one attached hydrogen (secondary N) is 2. The van der Waals surface area contributed by atoms with E-state index < -0.39 is 62.0 Å². The molecular weight excluding hydrogens is 747 g/mol. The first-order valence-corrected chi connectivity index (χ1v) is 21.5. The van der Waals surface area contributed by atoms with E-state index >= 15 is 0 Å². The highest BCUT2D eigenvalue weighted by Crippen LogP contribution is 2.46. The van der Waals surface area contributed by atoms with Crippen LogP contribution in [0.5, 0.6) is 11.5 Å². The Morgan fingerprint density at radius 2 is 1.75 bits per heavy atom. The van der Waals surface area contributed by atoms with Gasteiger partial charge < -0.3 is 24.6 Å².